The molecule has 1 amide bonds. The normalized spacial score (nSPS) is 15.5. The molecular weight excluding hydrogens is 452 g/mol. The highest BCUT2D eigenvalue weighted by atomic mass is 16.6. The Morgan fingerprint density at radius 2 is 1.94 bits per heavy atom. The maximum absolute atomic E-state index is 13.6. The smallest absolute Gasteiger partial charge is 0.310 e. The topological polar surface area (TPSA) is 117 Å². The minimum absolute atomic E-state index is 0.0601. The lowest BCUT2D eigenvalue weighted by Crippen LogP contribution is -2.43. The molecule has 10 heteroatoms. The van der Waals surface area contributed by atoms with Crippen molar-refractivity contribution >= 4 is 17.6 Å². The molecule has 0 bridgehead atoms. The van der Waals surface area contributed by atoms with Crippen molar-refractivity contribution in [1.29, 1.82) is 0 Å². The quantitative estimate of drug-likeness (QED) is 0.287. The summed E-state index contributed by atoms with van der Waals surface area (Å²) in [5, 5.41) is 15.7. The van der Waals surface area contributed by atoms with Crippen LogP contribution in [0.3, 0.4) is 0 Å². The van der Waals surface area contributed by atoms with Crippen LogP contribution in [-0.2, 0) is 9.53 Å². The summed E-state index contributed by atoms with van der Waals surface area (Å²) in [5.41, 5.74) is 2.04. The first-order valence-corrected chi connectivity index (χ1v) is 11.4. The molecule has 0 saturated carbocycles. The highest BCUT2D eigenvalue weighted by Crippen LogP contribution is 2.28. The molecule has 0 N–H and O–H groups in total. The average molecular weight is 479 g/mol. The van der Waals surface area contributed by atoms with E-state index >= 15 is 0 Å². The predicted molar refractivity (Wildman–Crippen MR) is 127 cm³/mol. The number of non-ortho nitro benzene ring substituents is 1. The first-order valence-electron chi connectivity index (χ1n) is 11.4. The second-order valence-electron chi connectivity index (χ2n) is 8.17. The second kappa shape index (κ2) is 10.4. The van der Waals surface area contributed by atoms with Crippen molar-refractivity contribution in [2.24, 2.45) is 5.92 Å². The zero-order valence-electron chi connectivity index (χ0n) is 19.5. The Balaban J connectivity index is 1.72. The van der Waals surface area contributed by atoms with Crippen LogP contribution in [0.1, 0.15) is 30.3 Å². The van der Waals surface area contributed by atoms with Gasteiger partial charge < -0.3 is 14.4 Å². The van der Waals surface area contributed by atoms with E-state index in [2.05, 4.69) is 5.10 Å². The van der Waals surface area contributed by atoms with Crippen molar-refractivity contribution in [2.45, 2.75) is 19.8 Å². The van der Waals surface area contributed by atoms with Gasteiger partial charge in [0.1, 0.15) is 11.4 Å². The number of methoxy groups -OCH3 is 1. The van der Waals surface area contributed by atoms with Gasteiger partial charge in [0.15, 0.2) is 0 Å². The summed E-state index contributed by atoms with van der Waals surface area (Å²) in [5.74, 6) is -0.306. The van der Waals surface area contributed by atoms with Crippen LogP contribution in [0.4, 0.5) is 5.69 Å². The highest BCUT2D eigenvalue weighted by molar-refractivity contribution is 5.95. The van der Waals surface area contributed by atoms with E-state index in [1.165, 1.54) is 16.8 Å². The standard InChI is InChI=1S/C25H26N4O6/c1-3-35-25(31)18-7-5-13-27(16-18)24(30)23-15-22(17-6-4-8-21(14-17)34-2)26-28(23)19-9-11-20(12-10-19)29(32)33/h4,6,8-12,14-15,18H,3,5,7,13,16H2,1-2H3. The molecule has 4 rings (SSSR count). The van der Waals surface area contributed by atoms with Crippen molar-refractivity contribution in [3.63, 3.8) is 0 Å². The second-order valence-corrected chi connectivity index (χ2v) is 8.17. The van der Waals surface area contributed by atoms with Gasteiger partial charge in [-0.2, -0.15) is 5.10 Å². The number of nitro groups is 1. The molecule has 2 heterocycles. The van der Waals surface area contributed by atoms with E-state index in [0.29, 0.717) is 48.8 Å². The van der Waals surface area contributed by atoms with Crippen molar-refractivity contribution < 1.29 is 24.0 Å². The molecule has 1 aliphatic heterocycles. The summed E-state index contributed by atoms with van der Waals surface area (Å²) < 4.78 is 12.0. The maximum Gasteiger partial charge on any atom is 0.310 e. The fourth-order valence-electron chi connectivity index (χ4n) is 4.15. The fourth-order valence-corrected chi connectivity index (χ4v) is 4.15. The van der Waals surface area contributed by atoms with Crippen molar-refractivity contribution in [1.82, 2.24) is 14.7 Å². The van der Waals surface area contributed by atoms with Crippen molar-refractivity contribution in [3.05, 3.63) is 70.4 Å². The van der Waals surface area contributed by atoms with E-state index in [9.17, 15) is 19.7 Å². The summed E-state index contributed by atoms with van der Waals surface area (Å²) >= 11 is 0. The lowest BCUT2D eigenvalue weighted by molar-refractivity contribution is -0.384. The number of esters is 1. The lowest BCUT2D eigenvalue weighted by atomic mass is 9.98. The summed E-state index contributed by atoms with van der Waals surface area (Å²) in [6.07, 6.45) is 1.35. The molecule has 0 aliphatic carbocycles. The average Bonchev–Trinajstić information content (AvgIpc) is 3.34. The Hall–Kier alpha value is -4.21. The molecule has 10 nitrogen and oxygen atoms in total. The number of rotatable bonds is 7. The largest absolute Gasteiger partial charge is 0.497 e. The first-order chi connectivity index (χ1) is 16.9. The maximum atomic E-state index is 13.6. The van der Waals surface area contributed by atoms with Crippen molar-refractivity contribution in [3.8, 4) is 22.7 Å². The van der Waals surface area contributed by atoms with E-state index in [1.807, 2.05) is 24.3 Å². The molecule has 1 saturated heterocycles. The van der Waals surface area contributed by atoms with Crippen molar-refractivity contribution in [2.75, 3.05) is 26.8 Å². The van der Waals surface area contributed by atoms with Gasteiger partial charge in [-0.3, -0.25) is 19.7 Å². The third-order valence-corrected chi connectivity index (χ3v) is 5.93. The van der Waals surface area contributed by atoms with E-state index in [1.54, 1.807) is 37.1 Å². The number of hydrogen-bond donors (Lipinski definition) is 0. The van der Waals surface area contributed by atoms with Gasteiger partial charge in [0.05, 0.1) is 35.9 Å². The van der Waals surface area contributed by atoms with E-state index < -0.39 is 4.92 Å². The monoisotopic (exact) mass is 478 g/mol. The Bertz CT molecular complexity index is 1240. The molecule has 1 atom stereocenters. The third-order valence-electron chi connectivity index (χ3n) is 5.93. The fraction of sp³-hybridized carbons (Fsp3) is 0.320. The number of carbonyl (C=O) groups excluding carboxylic acids is 2. The molecular formula is C25H26N4O6. The number of benzene rings is 2. The molecule has 182 valence electrons. The summed E-state index contributed by atoms with van der Waals surface area (Å²) in [6, 6.07) is 14.8. The number of ether oxygens (including phenoxy) is 2. The van der Waals surface area contributed by atoms with Gasteiger partial charge >= 0.3 is 5.97 Å². The van der Waals surface area contributed by atoms with Gasteiger partial charge in [-0.25, -0.2) is 4.68 Å². The summed E-state index contributed by atoms with van der Waals surface area (Å²) in [7, 11) is 1.57. The SMILES string of the molecule is CCOC(=O)C1CCCN(C(=O)c2cc(-c3cccc(OC)c3)nn2-c2ccc([N+](=O)[O-])cc2)C1. The van der Waals surface area contributed by atoms with Crippen LogP contribution in [0.15, 0.2) is 54.6 Å². The van der Waals surface area contributed by atoms with Crippen LogP contribution < -0.4 is 4.74 Å². The minimum Gasteiger partial charge on any atom is -0.497 e. The molecule has 1 aliphatic rings. The molecule has 1 aromatic heterocycles. The van der Waals surface area contributed by atoms with Crippen LogP contribution in [0, 0.1) is 16.0 Å². The van der Waals surface area contributed by atoms with Crippen LogP contribution in [0.25, 0.3) is 16.9 Å². The molecule has 2 aromatic carbocycles. The number of carbonyl (C=O) groups is 2. The zero-order chi connectivity index (χ0) is 24.9. The Kier molecular flexibility index (Phi) is 7.09. The van der Waals surface area contributed by atoms with Crippen LogP contribution in [0.5, 0.6) is 5.75 Å². The first kappa shape index (κ1) is 23.9. The number of nitrogens with zero attached hydrogens (tertiary/aromatic N) is 4. The molecule has 1 fully saturated rings. The van der Waals surface area contributed by atoms with E-state index in [4.69, 9.17) is 9.47 Å². The number of hydrogen-bond acceptors (Lipinski definition) is 7. The van der Waals surface area contributed by atoms with Crippen LogP contribution in [0.2, 0.25) is 0 Å². The van der Waals surface area contributed by atoms with Gasteiger partial charge in [-0.15, -0.1) is 0 Å². The number of nitro benzene ring substituents is 1. The third kappa shape index (κ3) is 5.16. The highest BCUT2D eigenvalue weighted by Gasteiger charge is 2.31. The summed E-state index contributed by atoms with van der Waals surface area (Å²) in [4.78, 5) is 38.2. The zero-order valence-corrected chi connectivity index (χ0v) is 19.5. The van der Waals surface area contributed by atoms with Gasteiger partial charge in [-0.05, 0) is 50.1 Å². The molecule has 0 spiro atoms. The Labute approximate surface area is 202 Å². The number of amides is 1. The van der Waals surface area contributed by atoms with Gasteiger partial charge in [-0.1, -0.05) is 12.1 Å². The Morgan fingerprint density at radius 3 is 2.63 bits per heavy atom. The van der Waals surface area contributed by atoms with E-state index in [0.717, 1.165) is 5.56 Å². The predicted octanol–water partition coefficient (Wildman–Crippen LogP) is 3.87. The molecule has 1 unspecified atom stereocenters. The minimum atomic E-state index is -0.482. The number of likely N-dealkylation sites (tertiary alicyclic amines) is 1. The van der Waals surface area contributed by atoms with Crippen LogP contribution >= 0.6 is 0 Å². The van der Waals surface area contributed by atoms with Gasteiger partial charge in [0.2, 0.25) is 0 Å². The lowest BCUT2D eigenvalue weighted by Gasteiger charge is -2.31. The molecule has 3 aromatic rings. The molecule has 35 heavy (non-hydrogen) atoms. The summed E-state index contributed by atoms with van der Waals surface area (Å²) in [6.45, 7) is 2.82. The molecule has 0 radical (unpaired) electrons. The van der Waals surface area contributed by atoms with Gasteiger partial charge in [0, 0.05) is 30.8 Å². The van der Waals surface area contributed by atoms with Crippen LogP contribution in [-0.4, -0.2) is 58.3 Å². The van der Waals surface area contributed by atoms with Gasteiger partial charge in [0.25, 0.3) is 11.6 Å². The number of aromatic nitrogens is 2. The Morgan fingerprint density at radius 1 is 1.17 bits per heavy atom. The van der Waals surface area contributed by atoms with E-state index in [-0.39, 0.29) is 30.0 Å². The number of piperidine rings is 1.